The van der Waals surface area contributed by atoms with Crippen molar-refractivity contribution in [3.8, 4) is 5.75 Å². The quantitative estimate of drug-likeness (QED) is 0.608. The predicted octanol–water partition coefficient (Wildman–Crippen LogP) is 2.78. The molecule has 2 aromatic rings. The van der Waals surface area contributed by atoms with E-state index in [-0.39, 0.29) is 5.82 Å². The normalized spacial score (nSPS) is 10.6. The van der Waals surface area contributed by atoms with Crippen molar-refractivity contribution < 1.29 is 9.13 Å². The second-order valence-corrected chi connectivity index (χ2v) is 4.32. The summed E-state index contributed by atoms with van der Waals surface area (Å²) in [5, 5.41) is 8.65. The lowest BCUT2D eigenvalue weighted by atomic mass is 10.3. The van der Waals surface area contributed by atoms with Gasteiger partial charge in [-0.05, 0) is 24.3 Å². The first-order chi connectivity index (χ1) is 8.78. The number of nitrogens with zero attached hydrogens (tertiary/aromatic N) is 3. The van der Waals surface area contributed by atoms with Crippen LogP contribution in [0.25, 0.3) is 0 Å². The Hall–Kier alpha value is -1.43. The Labute approximate surface area is 113 Å². The van der Waals surface area contributed by atoms with Gasteiger partial charge in [0.05, 0.1) is 12.3 Å². The van der Waals surface area contributed by atoms with Crippen LogP contribution in [0.3, 0.4) is 0 Å². The standard InChI is InChI=1S/C12H13BrFN3O/c13-8-11-9-17(16-15-11)6-1-7-18-12-4-2-10(14)3-5-12/h2-5,9H,1,6-8H2. The van der Waals surface area contributed by atoms with Gasteiger partial charge in [0.2, 0.25) is 0 Å². The Morgan fingerprint density at radius 2 is 2.06 bits per heavy atom. The second-order valence-electron chi connectivity index (χ2n) is 3.76. The largest absolute Gasteiger partial charge is 0.494 e. The Morgan fingerprint density at radius 3 is 2.72 bits per heavy atom. The van der Waals surface area contributed by atoms with Crippen LogP contribution < -0.4 is 4.74 Å². The number of rotatable bonds is 6. The molecule has 6 heteroatoms. The van der Waals surface area contributed by atoms with Crippen molar-refractivity contribution in [2.24, 2.45) is 0 Å². The average Bonchev–Trinajstić information content (AvgIpc) is 2.85. The van der Waals surface area contributed by atoms with Gasteiger partial charge in [-0.3, -0.25) is 4.68 Å². The van der Waals surface area contributed by atoms with Crippen LogP contribution >= 0.6 is 15.9 Å². The summed E-state index contributed by atoms with van der Waals surface area (Å²) < 4.78 is 19.9. The molecule has 0 aliphatic heterocycles. The van der Waals surface area contributed by atoms with Crippen molar-refractivity contribution in [3.63, 3.8) is 0 Å². The lowest BCUT2D eigenvalue weighted by Crippen LogP contribution is -2.05. The first-order valence-electron chi connectivity index (χ1n) is 5.61. The van der Waals surface area contributed by atoms with E-state index in [4.69, 9.17) is 4.74 Å². The second kappa shape index (κ2) is 6.49. The van der Waals surface area contributed by atoms with Crippen molar-refractivity contribution in [1.29, 1.82) is 0 Å². The zero-order valence-electron chi connectivity index (χ0n) is 9.72. The minimum absolute atomic E-state index is 0.257. The van der Waals surface area contributed by atoms with Crippen LogP contribution in [0, 0.1) is 5.82 Å². The summed E-state index contributed by atoms with van der Waals surface area (Å²) in [4.78, 5) is 0. The molecular formula is C12H13BrFN3O. The predicted molar refractivity (Wildman–Crippen MR) is 69.2 cm³/mol. The number of aryl methyl sites for hydroxylation is 1. The highest BCUT2D eigenvalue weighted by atomic mass is 79.9. The third kappa shape index (κ3) is 3.80. The van der Waals surface area contributed by atoms with Gasteiger partial charge in [-0.25, -0.2) is 4.39 Å². The summed E-state index contributed by atoms with van der Waals surface area (Å²) in [7, 11) is 0. The molecule has 1 aromatic heterocycles. The molecule has 0 spiro atoms. The molecule has 0 fully saturated rings. The zero-order chi connectivity index (χ0) is 12.8. The number of alkyl halides is 1. The van der Waals surface area contributed by atoms with Crippen molar-refractivity contribution in [1.82, 2.24) is 15.0 Å². The van der Waals surface area contributed by atoms with Gasteiger partial charge in [-0.15, -0.1) is 5.10 Å². The van der Waals surface area contributed by atoms with Crippen LogP contribution in [0.1, 0.15) is 12.1 Å². The Balaban J connectivity index is 1.71. The van der Waals surface area contributed by atoms with Crippen molar-refractivity contribution in [3.05, 3.63) is 42.0 Å². The van der Waals surface area contributed by atoms with E-state index < -0.39 is 0 Å². The Kier molecular flexibility index (Phi) is 4.69. The Bertz CT molecular complexity index is 486. The van der Waals surface area contributed by atoms with Gasteiger partial charge >= 0.3 is 0 Å². The minimum atomic E-state index is -0.257. The van der Waals surface area contributed by atoms with Gasteiger partial charge in [-0.2, -0.15) is 0 Å². The van der Waals surface area contributed by atoms with Gasteiger partial charge in [0.1, 0.15) is 11.6 Å². The molecular weight excluding hydrogens is 301 g/mol. The molecule has 0 saturated heterocycles. The average molecular weight is 314 g/mol. The highest BCUT2D eigenvalue weighted by Crippen LogP contribution is 2.11. The number of halogens is 2. The summed E-state index contributed by atoms with van der Waals surface area (Å²) in [6.07, 6.45) is 2.72. The van der Waals surface area contributed by atoms with E-state index in [1.165, 1.54) is 12.1 Å². The Morgan fingerprint density at radius 1 is 1.28 bits per heavy atom. The lowest BCUT2D eigenvalue weighted by molar-refractivity contribution is 0.297. The summed E-state index contributed by atoms with van der Waals surface area (Å²) in [5.74, 6) is 0.420. The topological polar surface area (TPSA) is 39.9 Å². The number of ether oxygens (including phenoxy) is 1. The van der Waals surface area contributed by atoms with Gasteiger partial charge in [0.25, 0.3) is 0 Å². The molecule has 0 aliphatic rings. The van der Waals surface area contributed by atoms with Crippen LogP contribution in [0.2, 0.25) is 0 Å². The maximum Gasteiger partial charge on any atom is 0.123 e. The molecule has 0 radical (unpaired) electrons. The van der Waals surface area contributed by atoms with Gasteiger partial charge < -0.3 is 4.74 Å². The van der Waals surface area contributed by atoms with E-state index in [2.05, 4.69) is 26.2 Å². The van der Waals surface area contributed by atoms with Crippen molar-refractivity contribution >= 4 is 15.9 Å². The fourth-order valence-electron chi connectivity index (χ4n) is 1.46. The van der Waals surface area contributed by atoms with Crippen LogP contribution in [0.15, 0.2) is 30.5 Å². The highest BCUT2D eigenvalue weighted by molar-refractivity contribution is 9.08. The number of hydrogen-bond acceptors (Lipinski definition) is 3. The van der Waals surface area contributed by atoms with Crippen LogP contribution in [-0.4, -0.2) is 21.6 Å². The number of benzene rings is 1. The molecule has 1 heterocycles. The molecule has 0 bridgehead atoms. The summed E-state index contributed by atoms with van der Waals surface area (Å²) >= 11 is 3.32. The van der Waals surface area contributed by atoms with Crippen molar-refractivity contribution in [2.45, 2.75) is 18.3 Å². The number of hydrogen-bond donors (Lipinski definition) is 0. The molecule has 0 unspecified atom stereocenters. The van der Waals surface area contributed by atoms with Crippen LogP contribution in [-0.2, 0) is 11.9 Å². The molecule has 0 N–H and O–H groups in total. The van der Waals surface area contributed by atoms with E-state index in [1.807, 2.05) is 6.20 Å². The smallest absolute Gasteiger partial charge is 0.123 e. The molecule has 2 rings (SSSR count). The van der Waals surface area contributed by atoms with E-state index in [1.54, 1.807) is 16.8 Å². The number of aromatic nitrogens is 3. The van der Waals surface area contributed by atoms with E-state index in [0.717, 1.165) is 18.7 Å². The molecule has 96 valence electrons. The molecule has 0 aliphatic carbocycles. The molecule has 0 amide bonds. The highest BCUT2D eigenvalue weighted by Gasteiger charge is 1.99. The van der Waals surface area contributed by atoms with Gasteiger partial charge in [0, 0.05) is 24.5 Å². The summed E-state index contributed by atoms with van der Waals surface area (Å²) in [6, 6.07) is 6.01. The molecule has 0 saturated carbocycles. The third-order valence-electron chi connectivity index (χ3n) is 2.34. The van der Waals surface area contributed by atoms with Gasteiger partial charge in [-0.1, -0.05) is 21.1 Å². The zero-order valence-corrected chi connectivity index (χ0v) is 11.3. The molecule has 1 aromatic carbocycles. The summed E-state index contributed by atoms with van der Waals surface area (Å²) in [6.45, 7) is 1.32. The molecule has 0 atom stereocenters. The lowest BCUT2D eigenvalue weighted by Gasteiger charge is -2.05. The molecule has 18 heavy (non-hydrogen) atoms. The van der Waals surface area contributed by atoms with E-state index >= 15 is 0 Å². The fourth-order valence-corrected chi connectivity index (χ4v) is 1.71. The van der Waals surface area contributed by atoms with E-state index in [9.17, 15) is 4.39 Å². The third-order valence-corrected chi connectivity index (χ3v) is 2.91. The van der Waals surface area contributed by atoms with Crippen LogP contribution in [0.4, 0.5) is 4.39 Å². The van der Waals surface area contributed by atoms with Crippen molar-refractivity contribution in [2.75, 3.05) is 6.61 Å². The van der Waals surface area contributed by atoms with E-state index in [0.29, 0.717) is 17.7 Å². The molecule has 4 nitrogen and oxygen atoms in total. The van der Waals surface area contributed by atoms with Crippen LogP contribution in [0.5, 0.6) is 5.75 Å². The SMILES string of the molecule is Fc1ccc(OCCCn2cc(CBr)nn2)cc1. The van der Waals surface area contributed by atoms with Gasteiger partial charge in [0.15, 0.2) is 0 Å². The minimum Gasteiger partial charge on any atom is -0.494 e. The maximum atomic E-state index is 12.7. The first-order valence-corrected chi connectivity index (χ1v) is 6.73. The maximum absolute atomic E-state index is 12.7. The monoisotopic (exact) mass is 313 g/mol. The summed E-state index contributed by atoms with van der Waals surface area (Å²) in [5.41, 5.74) is 0.912. The fraction of sp³-hybridized carbons (Fsp3) is 0.333. The first kappa shape index (κ1) is 13.0.